The molecule has 0 unspecified atom stereocenters. The summed E-state index contributed by atoms with van der Waals surface area (Å²) in [5.41, 5.74) is 0.683. The fourth-order valence-electron chi connectivity index (χ4n) is 4.14. The lowest BCUT2D eigenvalue weighted by Gasteiger charge is -2.23. The highest BCUT2D eigenvalue weighted by Gasteiger charge is 2.59. The van der Waals surface area contributed by atoms with Gasteiger partial charge in [-0.2, -0.15) is 5.26 Å². The first-order chi connectivity index (χ1) is 13.5. The quantitative estimate of drug-likeness (QED) is 0.870. The first-order valence-corrected chi connectivity index (χ1v) is 9.58. The summed E-state index contributed by atoms with van der Waals surface area (Å²) in [6, 6.07) is 15.2. The molecule has 1 aromatic carbocycles. The normalized spacial score (nSPS) is 24.1. The molecular weight excluding hydrogens is 352 g/mol. The van der Waals surface area contributed by atoms with E-state index in [1.807, 2.05) is 37.3 Å². The molecule has 0 radical (unpaired) electrons. The molecule has 1 saturated carbocycles. The third-order valence-electron chi connectivity index (χ3n) is 5.63. The third-order valence-corrected chi connectivity index (χ3v) is 5.63. The second-order valence-electron chi connectivity index (χ2n) is 7.70. The van der Waals surface area contributed by atoms with Crippen LogP contribution >= 0.6 is 0 Å². The van der Waals surface area contributed by atoms with E-state index in [1.165, 1.54) is 0 Å². The Morgan fingerprint density at radius 3 is 2.75 bits per heavy atom. The average Bonchev–Trinajstić information content (AvgIpc) is 3.49. The Balaban J connectivity index is 1.52. The molecule has 142 valence electrons. The number of nitriles is 1. The summed E-state index contributed by atoms with van der Waals surface area (Å²) < 4.78 is 0. The van der Waals surface area contributed by atoms with Crippen molar-refractivity contribution >= 4 is 23.3 Å². The van der Waals surface area contributed by atoms with Gasteiger partial charge in [0.05, 0.1) is 12.5 Å². The summed E-state index contributed by atoms with van der Waals surface area (Å²) in [5.74, 6) is 0.280. The van der Waals surface area contributed by atoms with Crippen molar-refractivity contribution < 1.29 is 9.59 Å². The van der Waals surface area contributed by atoms with Gasteiger partial charge in [0.2, 0.25) is 11.8 Å². The molecule has 1 aromatic heterocycles. The number of carbonyl (C=O) groups is 2. The number of anilines is 2. The van der Waals surface area contributed by atoms with Crippen LogP contribution in [0.4, 0.5) is 11.5 Å². The van der Waals surface area contributed by atoms with Crippen molar-refractivity contribution in [1.29, 1.82) is 5.26 Å². The smallest absolute Gasteiger partial charge is 0.248 e. The Morgan fingerprint density at radius 2 is 2.07 bits per heavy atom. The van der Waals surface area contributed by atoms with E-state index >= 15 is 0 Å². The number of pyridine rings is 1. The SMILES string of the molecule is C[C@H]1C[C@@](C#N)(C2CC2)C(=O)N1c1ccnc(NC(=O)Cc2ccccc2)c1. The van der Waals surface area contributed by atoms with Crippen LogP contribution in [-0.4, -0.2) is 22.8 Å². The van der Waals surface area contributed by atoms with Crippen LogP contribution in [0.25, 0.3) is 0 Å². The van der Waals surface area contributed by atoms with Crippen molar-refractivity contribution in [2.75, 3.05) is 10.2 Å². The van der Waals surface area contributed by atoms with Gasteiger partial charge in [-0.25, -0.2) is 4.98 Å². The predicted molar refractivity (Wildman–Crippen MR) is 105 cm³/mol. The number of nitrogens with zero attached hydrogens (tertiary/aromatic N) is 3. The van der Waals surface area contributed by atoms with E-state index in [0.29, 0.717) is 17.9 Å². The molecule has 1 N–H and O–H groups in total. The number of amides is 2. The molecule has 2 atom stereocenters. The van der Waals surface area contributed by atoms with E-state index in [-0.39, 0.29) is 30.2 Å². The second kappa shape index (κ2) is 7.08. The molecule has 6 heteroatoms. The lowest BCUT2D eigenvalue weighted by molar-refractivity contribution is -0.123. The minimum absolute atomic E-state index is 0.0666. The zero-order chi connectivity index (χ0) is 19.7. The standard InChI is InChI=1S/C22H22N4O2/c1-15-13-22(14-23,17-7-8-17)21(28)26(15)18-9-10-24-19(12-18)25-20(27)11-16-5-3-2-4-6-16/h2-6,9-10,12,15,17H,7-8,11,13H2,1H3,(H,24,25,27)/t15-,22+/m0/s1. The van der Waals surface area contributed by atoms with E-state index < -0.39 is 5.41 Å². The Morgan fingerprint density at radius 1 is 1.32 bits per heavy atom. The zero-order valence-corrected chi connectivity index (χ0v) is 15.8. The zero-order valence-electron chi connectivity index (χ0n) is 15.8. The Hall–Kier alpha value is -3.20. The van der Waals surface area contributed by atoms with Gasteiger partial charge >= 0.3 is 0 Å². The molecule has 1 aliphatic heterocycles. The number of nitrogens with one attached hydrogen (secondary N) is 1. The minimum atomic E-state index is -0.903. The topological polar surface area (TPSA) is 86.1 Å². The number of hydrogen-bond acceptors (Lipinski definition) is 4. The van der Waals surface area contributed by atoms with Crippen LogP contribution in [0.5, 0.6) is 0 Å². The van der Waals surface area contributed by atoms with Crippen LogP contribution in [0.1, 0.15) is 31.7 Å². The largest absolute Gasteiger partial charge is 0.310 e. The first kappa shape index (κ1) is 18.2. The van der Waals surface area contributed by atoms with Crippen LogP contribution in [0, 0.1) is 22.7 Å². The van der Waals surface area contributed by atoms with Crippen LogP contribution in [0.15, 0.2) is 48.7 Å². The number of aromatic nitrogens is 1. The molecule has 2 fully saturated rings. The maximum atomic E-state index is 13.1. The maximum absolute atomic E-state index is 13.1. The van der Waals surface area contributed by atoms with Crippen molar-refractivity contribution in [2.45, 2.75) is 38.6 Å². The van der Waals surface area contributed by atoms with Crippen molar-refractivity contribution in [3.05, 3.63) is 54.2 Å². The summed E-state index contributed by atoms with van der Waals surface area (Å²) >= 11 is 0. The van der Waals surface area contributed by atoms with Crippen molar-refractivity contribution in [2.24, 2.45) is 11.3 Å². The first-order valence-electron chi connectivity index (χ1n) is 9.58. The molecule has 1 aliphatic carbocycles. The van der Waals surface area contributed by atoms with Crippen LogP contribution in [0.2, 0.25) is 0 Å². The Bertz CT molecular complexity index is 949. The summed E-state index contributed by atoms with van der Waals surface area (Å²) in [6.07, 6.45) is 4.26. The van der Waals surface area contributed by atoms with Crippen LogP contribution < -0.4 is 10.2 Å². The van der Waals surface area contributed by atoms with Gasteiger partial charge in [-0.05, 0) is 43.7 Å². The molecule has 2 aromatic rings. The van der Waals surface area contributed by atoms with Gasteiger partial charge < -0.3 is 10.2 Å². The van der Waals surface area contributed by atoms with Gasteiger partial charge in [0.15, 0.2) is 0 Å². The van der Waals surface area contributed by atoms with Gasteiger partial charge in [-0.1, -0.05) is 30.3 Å². The summed E-state index contributed by atoms with van der Waals surface area (Å²) in [4.78, 5) is 31.3. The van der Waals surface area contributed by atoms with Crippen LogP contribution in [-0.2, 0) is 16.0 Å². The Kier molecular flexibility index (Phi) is 4.60. The summed E-state index contributed by atoms with van der Waals surface area (Å²) in [6.45, 7) is 1.97. The Labute approximate surface area is 164 Å². The second-order valence-corrected chi connectivity index (χ2v) is 7.70. The molecule has 2 heterocycles. The summed E-state index contributed by atoms with van der Waals surface area (Å²) in [7, 11) is 0. The van der Waals surface area contributed by atoms with Crippen LogP contribution in [0.3, 0.4) is 0 Å². The highest BCUT2D eigenvalue weighted by atomic mass is 16.2. The number of rotatable bonds is 5. The van der Waals surface area contributed by atoms with E-state index in [9.17, 15) is 14.9 Å². The molecule has 4 rings (SSSR count). The van der Waals surface area contributed by atoms with Gasteiger partial charge in [-0.3, -0.25) is 9.59 Å². The molecule has 28 heavy (non-hydrogen) atoms. The maximum Gasteiger partial charge on any atom is 0.248 e. The number of carbonyl (C=O) groups excluding carboxylic acids is 2. The third kappa shape index (κ3) is 3.24. The molecule has 0 bridgehead atoms. The lowest BCUT2D eigenvalue weighted by Crippen LogP contribution is -2.37. The van der Waals surface area contributed by atoms with Crippen molar-refractivity contribution in [3.8, 4) is 6.07 Å². The summed E-state index contributed by atoms with van der Waals surface area (Å²) in [5, 5.41) is 12.5. The van der Waals surface area contributed by atoms with E-state index in [4.69, 9.17) is 0 Å². The molecule has 1 saturated heterocycles. The van der Waals surface area contributed by atoms with Gasteiger partial charge in [-0.15, -0.1) is 0 Å². The number of benzene rings is 1. The van der Waals surface area contributed by atoms with Gasteiger partial charge in [0.25, 0.3) is 0 Å². The van der Waals surface area contributed by atoms with E-state index in [1.54, 1.807) is 23.2 Å². The molecule has 0 spiro atoms. The van der Waals surface area contributed by atoms with Gasteiger partial charge in [0.1, 0.15) is 11.2 Å². The number of hydrogen-bond donors (Lipinski definition) is 1. The minimum Gasteiger partial charge on any atom is -0.310 e. The fourth-order valence-corrected chi connectivity index (χ4v) is 4.14. The average molecular weight is 374 g/mol. The molecule has 2 aliphatic rings. The fraction of sp³-hybridized carbons (Fsp3) is 0.364. The van der Waals surface area contributed by atoms with Gasteiger partial charge in [0, 0.05) is 24.0 Å². The van der Waals surface area contributed by atoms with Crippen molar-refractivity contribution in [1.82, 2.24) is 4.98 Å². The highest BCUT2D eigenvalue weighted by molar-refractivity contribution is 6.03. The van der Waals surface area contributed by atoms with E-state index in [2.05, 4.69) is 16.4 Å². The van der Waals surface area contributed by atoms with E-state index in [0.717, 1.165) is 18.4 Å². The van der Waals surface area contributed by atoms with Crippen molar-refractivity contribution in [3.63, 3.8) is 0 Å². The monoisotopic (exact) mass is 374 g/mol. The highest BCUT2D eigenvalue weighted by Crippen LogP contribution is 2.53. The lowest BCUT2D eigenvalue weighted by atomic mass is 9.81. The molecular formula is C22H22N4O2. The predicted octanol–water partition coefficient (Wildman–Crippen LogP) is 3.31. The molecule has 6 nitrogen and oxygen atoms in total. The molecule has 2 amide bonds.